The van der Waals surface area contributed by atoms with Crippen LogP contribution in [0, 0.1) is 0 Å². The van der Waals surface area contributed by atoms with Crippen molar-refractivity contribution in [2.24, 2.45) is 0 Å². The van der Waals surface area contributed by atoms with E-state index >= 15 is 0 Å². The number of rotatable bonds is 6. The van der Waals surface area contributed by atoms with Crippen molar-refractivity contribution in [1.82, 2.24) is 5.32 Å². The van der Waals surface area contributed by atoms with Crippen LogP contribution in [0.3, 0.4) is 0 Å². The van der Waals surface area contributed by atoms with E-state index in [4.69, 9.17) is 16.3 Å². The lowest BCUT2D eigenvalue weighted by molar-refractivity contribution is -0.147. The molecule has 0 aliphatic rings. The Morgan fingerprint density at radius 1 is 1.47 bits per heavy atom. The van der Waals surface area contributed by atoms with Crippen LogP contribution < -0.4 is 5.32 Å². The first kappa shape index (κ1) is 16.3. The van der Waals surface area contributed by atoms with E-state index in [1.807, 2.05) is 45.0 Å². The summed E-state index contributed by atoms with van der Waals surface area (Å²) in [6.07, 6.45) is 0. The smallest absolute Gasteiger partial charge is 0.326 e. The fraction of sp³-hybridized carbons (Fsp3) is 0.500. The SMILES string of the molecule is COC(=O)C(C)(CSc1ccccc1Cl)NC(C)C. The van der Waals surface area contributed by atoms with Crippen LogP contribution in [0.5, 0.6) is 0 Å². The summed E-state index contributed by atoms with van der Waals surface area (Å²) in [7, 11) is 1.41. The highest BCUT2D eigenvalue weighted by Gasteiger charge is 2.35. The number of methoxy groups -OCH3 is 1. The minimum atomic E-state index is -0.729. The summed E-state index contributed by atoms with van der Waals surface area (Å²) in [4.78, 5) is 12.9. The van der Waals surface area contributed by atoms with E-state index < -0.39 is 5.54 Å². The first-order valence-electron chi connectivity index (χ1n) is 6.12. The number of hydrogen-bond acceptors (Lipinski definition) is 4. The second-order valence-electron chi connectivity index (χ2n) is 4.84. The minimum absolute atomic E-state index is 0.191. The van der Waals surface area contributed by atoms with E-state index in [9.17, 15) is 4.79 Å². The van der Waals surface area contributed by atoms with Crippen LogP contribution in [-0.2, 0) is 9.53 Å². The van der Waals surface area contributed by atoms with Gasteiger partial charge >= 0.3 is 5.97 Å². The number of carbonyl (C=O) groups is 1. The van der Waals surface area contributed by atoms with Crippen molar-refractivity contribution in [3.63, 3.8) is 0 Å². The van der Waals surface area contributed by atoms with E-state index in [2.05, 4.69) is 5.32 Å². The molecule has 0 bridgehead atoms. The van der Waals surface area contributed by atoms with Gasteiger partial charge in [-0.3, -0.25) is 10.1 Å². The molecule has 0 aromatic heterocycles. The minimum Gasteiger partial charge on any atom is -0.468 e. The highest BCUT2D eigenvalue weighted by molar-refractivity contribution is 7.99. The van der Waals surface area contributed by atoms with E-state index in [0.717, 1.165) is 4.90 Å². The van der Waals surface area contributed by atoms with Gasteiger partial charge < -0.3 is 4.74 Å². The fourth-order valence-corrected chi connectivity index (χ4v) is 3.13. The van der Waals surface area contributed by atoms with Crippen LogP contribution in [0.25, 0.3) is 0 Å². The molecule has 19 heavy (non-hydrogen) atoms. The number of esters is 1. The maximum atomic E-state index is 11.9. The van der Waals surface area contributed by atoms with E-state index in [1.54, 1.807) is 11.8 Å². The van der Waals surface area contributed by atoms with Gasteiger partial charge in [-0.15, -0.1) is 11.8 Å². The van der Waals surface area contributed by atoms with Gasteiger partial charge in [0.15, 0.2) is 0 Å². The van der Waals surface area contributed by atoms with Crippen molar-refractivity contribution < 1.29 is 9.53 Å². The first-order chi connectivity index (χ1) is 8.89. The average Bonchev–Trinajstić information content (AvgIpc) is 2.36. The van der Waals surface area contributed by atoms with Gasteiger partial charge in [-0.05, 0) is 32.9 Å². The molecular formula is C14H20ClNO2S. The maximum absolute atomic E-state index is 11.9. The summed E-state index contributed by atoms with van der Waals surface area (Å²) in [6, 6.07) is 7.80. The molecule has 1 rings (SSSR count). The van der Waals surface area contributed by atoms with Crippen molar-refractivity contribution in [1.29, 1.82) is 0 Å². The summed E-state index contributed by atoms with van der Waals surface area (Å²) in [6.45, 7) is 5.85. The predicted molar refractivity (Wildman–Crippen MR) is 80.9 cm³/mol. The maximum Gasteiger partial charge on any atom is 0.326 e. The van der Waals surface area contributed by atoms with Gasteiger partial charge in [-0.25, -0.2) is 0 Å². The monoisotopic (exact) mass is 301 g/mol. The zero-order valence-electron chi connectivity index (χ0n) is 11.7. The zero-order valence-corrected chi connectivity index (χ0v) is 13.3. The van der Waals surface area contributed by atoms with Crippen LogP contribution in [0.4, 0.5) is 0 Å². The third-order valence-electron chi connectivity index (χ3n) is 2.60. The number of benzene rings is 1. The Balaban J connectivity index is 2.79. The van der Waals surface area contributed by atoms with Crippen LogP contribution in [0.15, 0.2) is 29.2 Å². The molecule has 0 fully saturated rings. The van der Waals surface area contributed by atoms with E-state index in [1.165, 1.54) is 7.11 Å². The average molecular weight is 302 g/mol. The van der Waals surface area contributed by atoms with Gasteiger partial charge in [-0.2, -0.15) is 0 Å². The Morgan fingerprint density at radius 3 is 2.63 bits per heavy atom. The van der Waals surface area contributed by atoms with Crippen molar-refractivity contribution in [2.75, 3.05) is 12.9 Å². The van der Waals surface area contributed by atoms with Crippen LogP contribution in [0.2, 0.25) is 5.02 Å². The van der Waals surface area contributed by atoms with Crippen molar-refractivity contribution in [2.45, 2.75) is 37.2 Å². The second-order valence-corrected chi connectivity index (χ2v) is 6.27. The number of carbonyl (C=O) groups excluding carboxylic acids is 1. The van der Waals surface area contributed by atoms with Gasteiger partial charge in [0.2, 0.25) is 0 Å². The highest BCUT2D eigenvalue weighted by atomic mass is 35.5. The van der Waals surface area contributed by atoms with E-state index in [0.29, 0.717) is 10.8 Å². The number of halogens is 1. The Labute approximate surface area is 124 Å². The molecule has 0 saturated heterocycles. The van der Waals surface area contributed by atoms with Crippen LogP contribution in [0.1, 0.15) is 20.8 Å². The fourth-order valence-electron chi connectivity index (χ4n) is 1.81. The van der Waals surface area contributed by atoms with Gasteiger partial charge in [0.1, 0.15) is 5.54 Å². The van der Waals surface area contributed by atoms with Gasteiger partial charge in [-0.1, -0.05) is 23.7 Å². The standard InChI is InChI=1S/C14H20ClNO2S/c1-10(2)16-14(3,13(17)18-4)9-19-12-8-6-5-7-11(12)15/h5-8,10,16H,9H2,1-4H3. The molecular weight excluding hydrogens is 282 g/mol. The normalized spacial score (nSPS) is 14.2. The van der Waals surface area contributed by atoms with Crippen LogP contribution in [-0.4, -0.2) is 30.4 Å². The molecule has 0 spiro atoms. The molecule has 1 N–H and O–H groups in total. The Morgan fingerprint density at radius 2 is 2.11 bits per heavy atom. The Kier molecular flexibility index (Phi) is 6.17. The Bertz CT molecular complexity index is 439. The van der Waals surface area contributed by atoms with E-state index in [-0.39, 0.29) is 12.0 Å². The van der Waals surface area contributed by atoms with Crippen LogP contribution >= 0.6 is 23.4 Å². The molecule has 1 aromatic carbocycles. The number of ether oxygens (including phenoxy) is 1. The lowest BCUT2D eigenvalue weighted by Crippen LogP contribution is -2.54. The largest absolute Gasteiger partial charge is 0.468 e. The summed E-state index contributed by atoms with van der Waals surface area (Å²) in [5.74, 6) is 0.294. The van der Waals surface area contributed by atoms with Gasteiger partial charge in [0.05, 0.1) is 12.1 Å². The van der Waals surface area contributed by atoms with Gasteiger partial charge in [0, 0.05) is 16.7 Å². The third kappa shape index (κ3) is 4.71. The molecule has 0 aliphatic heterocycles. The predicted octanol–water partition coefficient (Wildman–Crippen LogP) is 3.36. The molecule has 1 unspecified atom stereocenters. The number of thioether (sulfide) groups is 1. The summed E-state index contributed by atoms with van der Waals surface area (Å²) >= 11 is 7.66. The molecule has 5 heteroatoms. The quantitative estimate of drug-likeness (QED) is 0.646. The number of nitrogens with one attached hydrogen (secondary N) is 1. The third-order valence-corrected chi connectivity index (χ3v) is 4.43. The van der Waals surface area contributed by atoms with Gasteiger partial charge in [0.25, 0.3) is 0 Å². The summed E-state index contributed by atoms with van der Waals surface area (Å²) in [5.41, 5.74) is -0.729. The zero-order chi connectivity index (χ0) is 14.5. The molecule has 0 saturated carbocycles. The van der Waals surface area contributed by atoms with Crippen molar-refractivity contribution in [3.8, 4) is 0 Å². The summed E-state index contributed by atoms with van der Waals surface area (Å²) in [5, 5.41) is 3.96. The molecule has 0 heterocycles. The molecule has 106 valence electrons. The van der Waals surface area contributed by atoms with Crippen molar-refractivity contribution in [3.05, 3.63) is 29.3 Å². The highest BCUT2D eigenvalue weighted by Crippen LogP contribution is 2.29. The molecule has 0 radical (unpaired) electrons. The topological polar surface area (TPSA) is 38.3 Å². The molecule has 0 amide bonds. The number of hydrogen-bond donors (Lipinski definition) is 1. The molecule has 3 nitrogen and oxygen atoms in total. The molecule has 1 aromatic rings. The first-order valence-corrected chi connectivity index (χ1v) is 7.49. The lowest BCUT2D eigenvalue weighted by atomic mass is 10.0. The summed E-state index contributed by atoms with van der Waals surface area (Å²) < 4.78 is 4.89. The molecule has 1 atom stereocenters. The van der Waals surface area contributed by atoms with Crippen molar-refractivity contribution >= 4 is 29.3 Å². The second kappa shape index (κ2) is 7.17. The molecule has 0 aliphatic carbocycles. The lowest BCUT2D eigenvalue weighted by Gasteiger charge is -2.29. The Hall–Kier alpha value is -0.710.